The quantitative estimate of drug-likeness (QED) is 0.612. The highest BCUT2D eigenvalue weighted by Gasteiger charge is 2.21. The predicted molar refractivity (Wildman–Crippen MR) is 90.3 cm³/mol. The first-order valence-electron chi connectivity index (χ1n) is 5.95. The molecule has 4 nitrogen and oxygen atoms in total. The average molecular weight is 402 g/mol. The van der Waals surface area contributed by atoms with Crippen LogP contribution >= 0.6 is 22.6 Å². The molecule has 0 unspecified atom stereocenters. The normalized spacial score (nSPS) is 11.3. The zero-order chi connectivity index (χ0) is 14.9. The summed E-state index contributed by atoms with van der Waals surface area (Å²) < 4.78 is 28.6. The van der Waals surface area contributed by atoms with E-state index in [-0.39, 0.29) is 10.6 Å². The standard InChI is InChI=1S/C14H15IN2O2S/c1-9-3-8-13(16)14(10(9)2)20(18,19)17-12-6-4-11(15)5-7-12/h3-8,17H,16H2,1-2H3. The van der Waals surface area contributed by atoms with Crippen molar-refractivity contribution >= 4 is 44.0 Å². The number of halogens is 1. The molecule has 2 aromatic rings. The van der Waals surface area contributed by atoms with Gasteiger partial charge in [0, 0.05) is 9.26 Å². The molecule has 0 bridgehead atoms. The topological polar surface area (TPSA) is 72.2 Å². The van der Waals surface area contributed by atoms with Crippen LogP contribution in [0.5, 0.6) is 0 Å². The molecule has 2 rings (SSSR count). The van der Waals surface area contributed by atoms with Gasteiger partial charge < -0.3 is 5.73 Å². The highest BCUT2D eigenvalue weighted by atomic mass is 127. The van der Waals surface area contributed by atoms with E-state index in [0.29, 0.717) is 11.3 Å². The Balaban J connectivity index is 2.46. The summed E-state index contributed by atoms with van der Waals surface area (Å²) in [6.45, 7) is 3.62. The van der Waals surface area contributed by atoms with Crippen LogP contribution in [0.4, 0.5) is 11.4 Å². The lowest BCUT2D eigenvalue weighted by Gasteiger charge is -2.14. The van der Waals surface area contributed by atoms with E-state index < -0.39 is 10.0 Å². The van der Waals surface area contributed by atoms with E-state index >= 15 is 0 Å². The van der Waals surface area contributed by atoms with Crippen molar-refractivity contribution in [2.45, 2.75) is 18.7 Å². The number of nitrogen functional groups attached to an aromatic ring is 1. The number of benzene rings is 2. The highest BCUT2D eigenvalue weighted by molar-refractivity contribution is 14.1. The summed E-state index contributed by atoms with van der Waals surface area (Å²) in [5, 5.41) is 0. The van der Waals surface area contributed by atoms with Crippen molar-refractivity contribution in [3.8, 4) is 0 Å². The van der Waals surface area contributed by atoms with Gasteiger partial charge in [-0.2, -0.15) is 0 Å². The molecule has 6 heteroatoms. The van der Waals surface area contributed by atoms with Crippen LogP contribution in [-0.2, 0) is 10.0 Å². The second-order valence-corrected chi connectivity index (χ2v) is 7.40. The molecule has 0 heterocycles. The van der Waals surface area contributed by atoms with Crippen molar-refractivity contribution < 1.29 is 8.42 Å². The zero-order valence-electron chi connectivity index (χ0n) is 11.1. The summed E-state index contributed by atoms with van der Waals surface area (Å²) in [7, 11) is -3.69. The van der Waals surface area contributed by atoms with Crippen molar-refractivity contribution in [2.24, 2.45) is 0 Å². The van der Waals surface area contributed by atoms with Crippen molar-refractivity contribution in [3.63, 3.8) is 0 Å². The Morgan fingerprint density at radius 3 is 2.25 bits per heavy atom. The summed E-state index contributed by atoms with van der Waals surface area (Å²) in [5.41, 5.74) is 8.17. The molecule has 106 valence electrons. The number of rotatable bonds is 3. The van der Waals surface area contributed by atoms with E-state index in [1.165, 1.54) is 0 Å². The zero-order valence-corrected chi connectivity index (χ0v) is 14.1. The molecule has 0 fully saturated rings. The van der Waals surface area contributed by atoms with Gasteiger partial charge in [-0.3, -0.25) is 4.72 Å². The first-order chi connectivity index (χ1) is 9.31. The van der Waals surface area contributed by atoms with Crippen LogP contribution in [0, 0.1) is 17.4 Å². The number of anilines is 2. The molecule has 0 aliphatic carbocycles. The Morgan fingerprint density at radius 1 is 1.05 bits per heavy atom. The Morgan fingerprint density at radius 2 is 1.65 bits per heavy atom. The van der Waals surface area contributed by atoms with Gasteiger partial charge in [0.1, 0.15) is 4.90 Å². The minimum absolute atomic E-state index is 0.149. The van der Waals surface area contributed by atoms with Crippen LogP contribution in [-0.4, -0.2) is 8.42 Å². The Kier molecular flexibility index (Phi) is 4.24. The minimum Gasteiger partial charge on any atom is -0.398 e. The third kappa shape index (κ3) is 3.06. The number of nitrogens with one attached hydrogen (secondary N) is 1. The number of sulfonamides is 1. The molecular weight excluding hydrogens is 387 g/mol. The van der Waals surface area contributed by atoms with Gasteiger partial charge in [0.2, 0.25) is 0 Å². The fourth-order valence-corrected chi connectivity index (χ4v) is 3.74. The maximum atomic E-state index is 12.5. The first-order valence-corrected chi connectivity index (χ1v) is 8.51. The fraction of sp³-hybridized carbons (Fsp3) is 0.143. The smallest absolute Gasteiger partial charge is 0.264 e. The van der Waals surface area contributed by atoms with E-state index in [1.807, 2.05) is 25.1 Å². The summed E-state index contributed by atoms with van der Waals surface area (Å²) >= 11 is 2.16. The molecule has 2 aromatic carbocycles. The van der Waals surface area contributed by atoms with Crippen molar-refractivity contribution in [1.29, 1.82) is 0 Å². The van der Waals surface area contributed by atoms with Gasteiger partial charge in [-0.05, 0) is 77.9 Å². The number of aryl methyl sites for hydroxylation is 1. The minimum atomic E-state index is -3.69. The molecule has 0 saturated carbocycles. The summed E-state index contributed by atoms with van der Waals surface area (Å²) in [5.74, 6) is 0. The second-order valence-electron chi connectivity index (χ2n) is 4.54. The molecule has 0 aliphatic rings. The van der Waals surface area contributed by atoms with Crippen molar-refractivity contribution in [2.75, 3.05) is 10.5 Å². The van der Waals surface area contributed by atoms with Gasteiger partial charge in [0.25, 0.3) is 10.0 Å². The van der Waals surface area contributed by atoms with Crippen LogP contribution in [0.1, 0.15) is 11.1 Å². The van der Waals surface area contributed by atoms with E-state index in [0.717, 1.165) is 9.13 Å². The maximum Gasteiger partial charge on any atom is 0.264 e. The van der Waals surface area contributed by atoms with Gasteiger partial charge in [-0.1, -0.05) is 6.07 Å². The molecule has 0 atom stereocenters. The lowest BCUT2D eigenvalue weighted by molar-refractivity contribution is 0.601. The van der Waals surface area contributed by atoms with E-state index in [2.05, 4.69) is 27.3 Å². The molecule has 0 amide bonds. The Bertz CT molecular complexity index is 741. The summed E-state index contributed by atoms with van der Waals surface area (Å²) in [4.78, 5) is 0.149. The molecule has 0 spiro atoms. The van der Waals surface area contributed by atoms with Gasteiger partial charge >= 0.3 is 0 Å². The number of nitrogens with two attached hydrogens (primary N) is 1. The van der Waals surface area contributed by atoms with Crippen LogP contribution in [0.3, 0.4) is 0 Å². The van der Waals surface area contributed by atoms with Gasteiger partial charge in [0.15, 0.2) is 0 Å². The monoisotopic (exact) mass is 402 g/mol. The molecule has 0 aliphatic heterocycles. The summed E-state index contributed by atoms with van der Waals surface area (Å²) in [6, 6.07) is 10.6. The average Bonchev–Trinajstić information content (AvgIpc) is 2.37. The third-order valence-electron chi connectivity index (χ3n) is 3.07. The lowest BCUT2D eigenvalue weighted by atomic mass is 10.1. The van der Waals surface area contributed by atoms with Gasteiger partial charge in [0.05, 0.1) is 5.69 Å². The van der Waals surface area contributed by atoms with Crippen LogP contribution in [0.15, 0.2) is 41.3 Å². The lowest BCUT2D eigenvalue weighted by Crippen LogP contribution is -2.16. The van der Waals surface area contributed by atoms with Crippen LogP contribution < -0.4 is 10.5 Å². The summed E-state index contributed by atoms with van der Waals surface area (Å²) in [6.07, 6.45) is 0. The van der Waals surface area contributed by atoms with Crippen molar-refractivity contribution in [3.05, 3.63) is 51.1 Å². The van der Waals surface area contributed by atoms with Crippen LogP contribution in [0.25, 0.3) is 0 Å². The molecule has 20 heavy (non-hydrogen) atoms. The second kappa shape index (κ2) is 5.61. The van der Waals surface area contributed by atoms with Gasteiger partial charge in [-0.25, -0.2) is 8.42 Å². The van der Waals surface area contributed by atoms with E-state index in [1.54, 1.807) is 25.1 Å². The van der Waals surface area contributed by atoms with E-state index in [9.17, 15) is 8.42 Å². The third-order valence-corrected chi connectivity index (χ3v) is 5.38. The highest BCUT2D eigenvalue weighted by Crippen LogP contribution is 2.27. The number of hydrogen-bond donors (Lipinski definition) is 2. The number of hydrogen-bond acceptors (Lipinski definition) is 3. The molecule has 0 aromatic heterocycles. The van der Waals surface area contributed by atoms with E-state index in [4.69, 9.17) is 5.73 Å². The molecule has 0 radical (unpaired) electrons. The maximum absolute atomic E-state index is 12.5. The molecule has 3 N–H and O–H groups in total. The van der Waals surface area contributed by atoms with Crippen molar-refractivity contribution in [1.82, 2.24) is 0 Å². The van der Waals surface area contributed by atoms with Crippen LogP contribution in [0.2, 0.25) is 0 Å². The van der Waals surface area contributed by atoms with Gasteiger partial charge in [-0.15, -0.1) is 0 Å². The Labute approximate surface area is 132 Å². The molecule has 0 saturated heterocycles. The largest absolute Gasteiger partial charge is 0.398 e. The first kappa shape index (κ1) is 15.1. The SMILES string of the molecule is Cc1ccc(N)c(S(=O)(=O)Nc2ccc(I)cc2)c1C. The Hall–Kier alpha value is -1.28. The fourth-order valence-electron chi connectivity index (χ4n) is 1.89. The molecular formula is C14H15IN2O2S. The predicted octanol–water partition coefficient (Wildman–Crippen LogP) is 3.29.